The molecule has 0 bridgehead atoms. The molecule has 0 N–H and O–H groups in total. The number of thioether (sulfide) groups is 1. The van der Waals surface area contributed by atoms with Crippen molar-refractivity contribution in [1.29, 1.82) is 0 Å². The SMILES string of the molecule is ClCCSCCc1ccccn1. The Kier molecular flexibility index (Phi) is 5.20. The van der Waals surface area contributed by atoms with Crippen LogP contribution in [0, 0.1) is 0 Å². The highest BCUT2D eigenvalue weighted by Gasteiger charge is 1.92. The smallest absolute Gasteiger partial charge is 0.0411 e. The molecule has 1 rings (SSSR count). The van der Waals surface area contributed by atoms with E-state index < -0.39 is 0 Å². The van der Waals surface area contributed by atoms with Gasteiger partial charge in [-0.3, -0.25) is 4.98 Å². The van der Waals surface area contributed by atoms with Crippen molar-refractivity contribution >= 4 is 23.4 Å². The zero-order chi connectivity index (χ0) is 8.65. The van der Waals surface area contributed by atoms with Crippen LogP contribution < -0.4 is 0 Å². The lowest BCUT2D eigenvalue weighted by atomic mass is 10.3. The molecule has 0 saturated heterocycles. The predicted octanol–water partition coefficient (Wildman–Crippen LogP) is 2.60. The largest absolute Gasteiger partial charge is 0.261 e. The first-order valence-electron chi connectivity index (χ1n) is 3.97. The minimum Gasteiger partial charge on any atom is -0.261 e. The van der Waals surface area contributed by atoms with Gasteiger partial charge in [-0.25, -0.2) is 0 Å². The first-order chi connectivity index (χ1) is 5.93. The van der Waals surface area contributed by atoms with Gasteiger partial charge in [0.25, 0.3) is 0 Å². The third-order valence-electron chi connectivity index (χ3n) is 1.45. The highest BCUT2D eigenvalue weighted by Crippen LogP contribution is 2.04. The quantitative estimate of drug-likeness (QED) is 0.537. The molecule has 3 heteroatoms. The molecule has 0 saturated carbocycles. The van der Waals surface area contributed by atoms with Gasteiger partial charge >= 0.3 is 0 Å². The van der Waals surface area contributed by atoms with E-state index in [4.69, 9.17) is 11.6 Å². The number of hydrogen-bond donors (Lipinski definition) is 0. The average molecular weight is 202 g/mol. The molecule has 0 fully saturated rings. The Morgan fingerprint density at radius 1 is 1.33 bits per heavy atom. The molecule has 0 atom stereocenters. The van der Waals surface area contributed by atoms with Crippen LogP contribution in [-0.2, 0) is 6.42 Å². The fraction of sp³-hybridized carbons (Fsp3) is 0.444. The van der Waals surface area contributed by atoms with Crippen molar-refractivity contribution < 1.29 is 0 Å². The van der Waals surface area contributed by atoms with E-state index in [9.17, 15) is 0 Å². The molecule has 0 aliphatic heterocycles. The molecule has 0 aliphatic carbocycles. The van der Waals surface area contributed by atoms with Crippen LogP contribution >= 0.6 is 23.4 Å². The number of hydrogen-bond acceptors (Lipinski definition) is 2. The summed E-state index contributed by atoms with van der Waals surface area (Å²) in [5, 5.41) is 0. The van der Waals surface area contributed by atoms with Gasteiger partial charge in [-0.05, 0) is 24.3 Å². The summed E-state index contributed by atoms with van der Waals surface area (Å²) in [4.78, 5) is 4.23. The zero-order valence-electron chi connectivity index (χ0n) is 6.87. The minimum atomic E-state index is 0.743. The zero-order valence-corrected chi connectivity index (χ0v) is 8.44. The van der Waals surface area contributed by atoms with E-state index in [1.165, 1.54) is 5.69 Å². The van der Waals surface area contributed by atoms with E-state index in [1.807, 2.05) is 30.1 Å². The minimum absolute atomic E-state index is 0.743. The molecule has 1 aromatic rings. The Morgan fingerprint density at radius 3 is 2.92 bits per heavy atom. The Balaban J connectivity index is 2.16. The van der Waals surface area contributed by atoms with E-state index in [1.54, 1.807) is 0 Å². The second kappa shape index (κ2) is 6.32. The molecule has 1 heterocycles. The van der Waals surface area contributed by atoms with Crippen molar-refractivity contribution in [2.24, 2.45) is 0 Å². The summed E-state index contributed by atoms with van der Waals surface area (Å²) < 4.78 is 0. The van der Waals surface area contributed by atoms with Gasteiger partial charge in [-0.2, -0.15) is 11.8 Å². The maximum atomic E-state index is 5.55. The third-order valence-corrected chi connectivity index (χ3v) is 2.85. The molecule has 0 amide bonds. The van der Waals surface area contributed by atoms with E-state index in [0.717, 1.165) is 23.8 Å². The van der Waals surface area contributed by atoms with Crippen LogP contribution in [0.4, 0.5) is 0 Å². The van der Waals surface area contributed by atoms with Crippen molar-refractivity contribution in [2.75, 3.05) is 17.4 Å². The van der Waals surface area contributed by atoms with Gasteiger partial charge < -0.3 is 0 Å². The summed E-state index contributed by atoms with van der Waals surface area (Å²) >= 11 is 7.42. The van der Waals surface area contributed by atoms with Crippen molar-refractivity contribution in [3.63, 3.8) is 0 Å². The van der Waals surface area contributed by atoms with E-state index in [-0.39, 0.29) is 0 Å². The summed E-state index contributed by atoms with van der Waals surface area (Å²) in [7, 11) is 0. The molecular formula is C9H12ClNS. The van der Waals surface area contributed by atoms with Crippen LogP contribution in [-0.4, -0.2) is 22.4 Å². The number of halogens is 1. The lowest BCUT2D eigenvalue weighted by Crippen LogP contribution is -1.92. The van der Waals surface area contributed by atoms with Gasteiger partial charge in [0.05, 0.1) is 0 Å². The lowest BCUT2D eigenvalue weighted by Gasteiger charge is -1.98. The van der Waals surface area contributed by atoms with Gasteiger partial charge in [-0.15, -0.1) is 11.6 Å². The Labute approximate surface area is 82.5 Å². The fourth-order valence-electron chi connectivity index (χ4n) is 0.879. The summed E-state index contributed by atoms with van der Waals surface area (Å²) in [5.41, 5.74) is 1.17. The van der Waals surface area contributed by atoms with Crippen LogP contribution in [0.3, 0.4) is 0 Å². The third kappa shape index (κ3) is 3.98. The Morgan fingerprint density at radius 2 is 2.25 bits per heavy atom. The maximum Gasteiger partial charge on any atom is 0.0411 e. The van der Waals surface area contributed by atoms with Gasteiger partial charge in [0.2, 0.25) is 0 Å². The molecule has 66 valence electrons. The van der Waals surface area contributed by atoms with Crippen molar-refractivity contribution in [1.82, 2.24) is 4.98 Å². The standard InChI is InChI=1S/C9H12ClNS/c10-5-8-12-7-4-9-3-1-2-6-11-9/h1-3,6H,4-5,7-8H2. The molecule has 12 heavy (non-hydrogen) atoms. The number of rotatable bonds is 5. The first-order valence-corrected chi connectivity index (χ1v) is 5.66. The van der Waals surface area contributed by atoms with Crippen LogP contribution in [0.5, 0.6) is 0 Å². The number of alkyl halides is 1. The van der Waals surface area contributed by atoms with Crippen molar-refractivity contribution in [3.8, 4) is 0 Å². The average Bonchev–Trinajstić information content (AvgIpc) is 2.14. The molecule has 0 unspecified atom stereocenters. The van der Waals surface area contributed by atoms with Gasteiger partial charge in [-0.1, -0.05) is 6.07 Å². The number of pyridine rings is 1. The second-order valence-corrected chi connectivity index (χ2v) is 3.98. The number of aryl methyl sites for hydroxylation is 1. The highest BCUT2D eigenvalue weighted by atomic mass is 35.5. The van der Waals surface area contributed by atoms with E-state index in [2.05, 4.69) is 11.1 Å². The molecular weight excluding hydrogens is 190 g/mol. The summed E-state index contributed by atoms with van der Waals surface area (Å²) in [6.07, 6.45) is 2.88. The fourth-order valence-corrected chi connectivity index (χ4v) is 1.87. The highest BCUT2D eigenvalue weighted by molar-refractivity contribution is 7.99. The van der Waals surface area contributed by atoms with E-state index >= 15 is 0 Å². The number of aromatic nitrogens is 1. The Hall–Kier alpha value is -0.210. The molecule has 0 spiro atoms. The predicted molar refractivity (Wildman–Crippen MR) is 56.0 cm³/mol. The summed E-state index contributed by atoms with van der Waals surface area (Å²) in [5.74, 6) is 2.89. The maximum absolute atomic E-state index is 5.55. The van der Waals surface area contributed by atoms with Gasteiger partial charge in [0.1, 0.15) is 0 Å². The van der Waals surface area contributed by atoms with Crippen molar-refractivity contribution in [2.45, 2.75) is 6.42 Å². The molecule has 0 radical (unpaired) electrons. The summed E-state index contributed by atoms with van der Waals surface area (Å²) in [6, 6.07) is 6.02. The number of nitrogens with zero attached hydrogens (tertiary/aromatic N) is 1. The normalized spacial score (nSPS) is 10.1. The lowest BCUT2D eigenvalue weighted by molar-refractivity contribution is 1.05. The van der Waals surface area contributed by atoms with Crippen LogP contribution in [0.15, 0.2) is 24.4 Å². The second-order valence-electron chi connectivity index (χ2n) is 2.37. The van der Waals surface area contributed by atoms with Gasteiger partial charge in [0, 0.05) is 23.5 Å². The molecule has 0 aliphatic rings. The molecule has 1 aromatic heterocycles. The molecule has 1 nitrogen and oxygen atoms in total. The monoisotopic (exact) mass is 201 g/mol. The van der Waals surface area contributed by atoms with Gasteiger partial charge in [0.15, 0.2) is 0 Å². The van der Waals surface area contributed by atoms with Crippen LogP contribution in [0.25, 0.3) is 0 Å². The van der Waals surface area contributed by atoms with Crippen LogP contribution in [0.1, 0.15) is 5.69 Å². The summed E-state index contributed by atoms with van der Waals surface area (Å²) in [6.45, 7) is 0. The first kappa shape index (κ1) is 9.87. The molecule has 0 aromatic carbocycles. The van der Waals surface area contributed by atoms with Crippen molar-refractivity contribution in [3.05, 3.63) is 30.1 Å². The Bertz CT molecular complexity index is 203. The topological polar surface area (TPSA) is 12.9 Å². The van der Waals surface area contributed by atoms with Crippen LogP contribution in [0.2, 0.25) is 0 Å². The van der Waals surface area contributed by atoms with E-state index in [0.29, 0.717) is 0 Å².